The van der Waals surface area contributed by atoms with Gasteiger partial charge in [-0.05, 0) is 36.8 Å². The van der Waals surface area contributed by atoms with Crippen molar-refractivity contribution in [2.75, 3.05) is 19.5 Å². The van der Waals surface area contributed by atoms with Crippen LogP contribution in [0.15, 0.2) is 42.5 Å². The molecule has 2 amide bonds. The van der Waals surface area contributed by atoms with E-state index in [0.29, 0.717) is 22.6 Å². The highest BCUT2D eigenvalue weighted by Crippen LogP contribution is 2.26. The maximum atomic E-state index is 12.4. The predicted molar refractivity (Wildman–Crippen MR) is 85.5 cm³/mol. The van der Waals surface area contributed by atoms with Crippen molar-refractivity contribution in [3.05, 3.63) is 59.2 Å². The third kappa shape index (κ3) is 3.25. The molecule has 0 heterocycles. The first kappa shape index (κ1) is 15.6. The molecule has 0 fully saturated rings. The van der Waals surface area contributed by atoms with Crippen LogP contribution in [0.25, 0.3) is 0 Å². The summed E-state index contributed by atoms with van der Waals surface area (Å²) in [5.41, 5.74) is 2.36. The average molecular weight is 298 g/mol. The minimum atomic E-state index is -0.245. The molecule has 0 saturated carbocycles. The van der Waals surface area contributed by atoms with Gasteiger partial charge in [-0.15, -0.1) is 0 Å². The van der Waals surface area contributed by atoms with E-state index in [9.17, 15) is 9.59 Å². The molecule has 0 saturated heterocycles. The molecule has 22 heavy (non-hydrogen) atoms. The Morgan fingerprint density at radius 1 is 1.05 bits per heavy atom. The van der Waals surface area contributed by atoms with Gasteiger partial charge in [0.05, 0.1) is 12.8 Å². The van der Waals surface area contributed by atoms with Crippen molar-refractivity contribution >= 4 is 17.5 Å². The van der Waals surface area contributed by atoms with E-state index in [2.05, 4.69) is 10.6 Å². The summed E-state index contributed by atoms with van der Waals surface area (Å²) in [6.45, 7) is 1.87. The lowest BCUT2D eigenvalue weighted by molar-refractivity contribution is 0.0961. The topological polar surface area (TPSA) is 67.4 Å². The van der Waals surface area contributed by atoms with Crippen LogP contribution in [0.1, 0.15) is 26.3 Å². The van der Waals surface area contributed by atoms with E-state index in [1.807, 2.05) is 19.1 Å². The Labute approximate surface area is 129 Å². The second kappa shape index (κ2) is 6.76. The standard InChI is InChI=1S/C17H18N2O3/c1-11-6-4-5-7-13(11)17(21)19-14-10-12(16(20)18-2)8-9-15(14)22-3/h4-10H,1-3H3,(H,18,20)(H,19,21). The molecule has 0 aromatic heterocycles. The molecule has 0 aliphatic heterocycles. The molecule has 0 unspecified atom stereocenters. The Morgan fingerprint density at radius 2 is 1.77 bits per heavy atom. The Balaban J connectivity index is 2.33. The number of rotatable bonds is 4. The van der Waals surface area contributed by atoms with Gasteiger partial charge in [0.1, 0.15) is 5.75 Å². The molecular formula is C17H18N2O3. The zero-order valence-corrected chi connectivity index (χ0v) is 12.8. The summed E-state index contributed by atoms with van der Waals surface area (Å²) < 4.78 is 5.23. The van der Waals surface area contributed by atoms with Gasteiger partial charge >= 0.3 is 0 Å². The van der Waals surface area contributed by atoms with E-state index >= 15 is 0 Å². The largest absolute Gasteiger partial charge is 0.495 e. The highest BCUT2D eigenvalue weighted by molar-refractivity contribution is 6.06. The number of hydrogen-bond donors (Lipinski definition) is 2. The van der Waals surface area contributed by atoms with Crippen LogP contribution in [0.4, 0.5) is 5.69 Å². The van der Waals surface area contributed by atoms with Gasteiger partial charge in [0.25, 0.3) is 11.8 Å². The molecule has 0 aliphatic rings. The molecule has 5 heteroatoms. The molecule has 2 aromatic rings. The van der Waals surface area contributed by atoms with Crippen molar-refractivity contribution in [1.82, 2.24) is 5.32 Å². The van der Waals surface area contributed by atoms with Crippen LogP contribution in [0, 0.1) is 6.92 Å². The maximum Gasteiger partial charge on any atom is 0.256 e. The van der Waals surface area contributed by atoms with Gasteiger partial charge in [-0.3, -0.25) is 9.59 Å². The first-order valence-electron chi connectivity index (χ1n) is 6.84. The van der Waals surface area contributed by atoms with Crippen LogP contribution < -0.4 is 15.4 Å². The summed E-state index contributed by atoms with van der Waals surface area (Å²) in [6, 6.07) is 12.2. The number of nitrogens with one attached hydrogen (secondary N) is 2. The predicted octanol–water partition coefficient (Wildman–Crippen LogP) is 2.62. The molecule has 2 rings (SSSR count). The fraction of sp³-hybridized carbons (Fsp3) is 0.176. The van der Waals surface area contributed by atoms with Gasteiger partial charge in [0.15, 0.2) is 0 Å². The van der Waals surface area contributed by atoms with Gasteiger partial charge in [-0.1, -0.05) is 18.2 Å². The van der Waals surface area contributed by atoms with Crippen LogP contribution in [0.3, 0.4) is 0 Å². The zero-order valence-electron chi connectivity index (χ0n) is 12.8. The number of carbonyl (C=O) groups excluding carboxylic acids is 2. The molecule has 2 N–H and O–H groups in total. The monoisotopic (exact) mass is 298 g/mol. The summed E-state index contributed by atoms with van der Waals surface area (Å²) in [6.07, 6.45) is 0. The minimum absolute atomic E-state index is 0.228. The van der Waals surface area contributed by atoms with Crippen LogP contribution >= 0.6 is 0 Å². The van der Waals surface area contributed by atoms with E-state index in [1.165, 1.54) is 7.11 Å². The average Bonchev–Trinajstić information content (AvgIpc) is 2.54. The molecule has 114 valence electrons. The maximum absolute atomic E-state index is 12.4. The first-order valence-corrected chi connectivity index (χ1v) is 6.84. The first-order chi connectivity index (χ1) is 10.6. The van der Waals surface area contributed by atoms with Crippen molar-refractivity contribution in [2.45, 2.75) is 6.92 Å². The van der Waals surface area contributed by atoms with Gasteiger partial charge in [0, 0.05) is 18.2 Å². The molecule has 0 spiro atoms. The van der Waals surface area contributed by atoms with E-state index < -0.39 is 0 Å². The Hall–Kier alpha value is -2.82. The van der Waals surface area contributed by atoms with Crippen molar-refractivity contribution in [1.29, 1.82) is 0 Å². The molecular weight excluding hydrogens is 280 g/mol. The van der Waals surface area contributed by atoms with E-state index in [-0.39, 0.29) is 11.8 Å². The SMILES string of the molecule is CNC(=O)c1ccc(OC)c(NC(=O)c2ccccc2C)c1. The highest BCUT2D eigenvalue weighted by atomic mass is 16.5. The number of benzene rings is 2. The second-order valence-corrected chi connectivity index (χ2v) is 4.76. The van der Waals surface area contributed by atoms with Gasteiger partial charge in [0.2, 0.25) is 0 Å². The normalized spacial score (nSPS) is 9.95. The number of amides is 2. The molecule has 0 bridgehead atoms. The molecule has 2 aromatic carbocycles. The van der Waals surface area contributed by atoms with Crippen molar-refractivity contribution in [3.8, 4) is 5.75 Å². The lowest BCUT2D eigenvalue weighted by Gasteiger charge is -2.12. The van der Waals surface area contributed by atoms with E-state index in [1.54, 1.807) is 37.4 Å². The molecule has 5 nitrogen and oxygen atoms in total. The van der Waals surface area contributed by atoms with Gasteiger partial charge < -0.3 is 15.4 Å². The summed E-state index contributed by atoms with van der Waals surface area (Å²) in [5, 5.41) is 5.34. The second-order valence-electron chi connectivity index (χ2n) is 4.76. The lowest BCUT2D eigenvalue weighted by atomic mass is 10.1. The van der Waals surface area contributed by atoms with Crippen molar-refractivity contribution in [3.63, 3.8) is 0 Å². The van der Waals surface area contributed by atoms with E-state index in [4.69, 9.17) is 4.74 Å². The van der Waals surface area contributed by atoms with Crippen molar-refractivity contribution in [2.24, 2.45) is 0 Å². The molecule has 0 radical (unpaired) electrons. The highest BCUT2D eigenvalue weighted by Gasteiger charge is 2.14. The fourth-order valence-corrected chi connectivity index (χ4v) is 2.11. The Morgan fingerprint density at radius 3 is 2.41 bits per heavy atom. The molecule has 0 atom stereocenters. The summed E-state index contributed by atoms with van der Waals surface area (Å²) in [7, 11) is 3.07. The van der Waals surface area contributed by atoms with Crippen LogP contribution in [0.2, 0.25) is 0 Å². The fourth-order valence-electron chi connectivity index (χ4n) is 2.11. The lowest BCUT2D eigenvalue weighted by Crippen LogP contribution is -2.19. The zero-order chi connectivity index (χ0) is 16.1. The quantitative estimate of drug-likeness (QED) is 0.911. The van der Waals surface area contributed by atoms with Crippen LogP contribution in [-0.4, -0.2) is 26.0 Å². The summed E-state index contributed by atoms with van der Waals surface area (Å²) in [5.74, 6) is 0.0223. The van der Waals surface area contributed by atoms with E-state index in [0.717, 1.165) is 5.56 Å². The minimum Gasteiger partial charge on any atom is -0.495 e. The van der Waals surface area contributed by atoms with Gasteiger partial charge in [-0.2, -0.15) is 0 Å². The van der Waals surface area contributed by atoms with Crippen LogP contribution in [-0.2, 0) is 0 Å². The van der Waals surface area contributed by atoms with Gasteiger partial charge in [-0.25, -0.2) is 0 Å². The number of ether oxygens (including phenoxy) is 1. The third-order valence-electron chi connectivity index (χ3n) is 3.33. The smallest absolute Gasteiger partial charge is 0.256 e. The number of methoxy groups -OCH3 is 1. The molecule has 0 aliphatic carbocycles. The summed E-state index contributed by atoms with van der Waals surface area (Å²) >= 11 is 0. The number of anilines is 1. The Kier molecular flexibility index (Phi) is 4.78. The number of hydrogen-bond acceptors (Lipinski definition) is 3. The summed E-state index contributed by atoms with van der Waals surface area (Å²) in [4.78, 5) is 24.1. The number of aryl methyl sites for hydroxylation is 1. The third-order valence-corrected chi connectivity index (χ3v) is 3.33. The Bertz CT molecular complexity index is 711. The van der Waals surface area contributed by atoms with Crippen LogP contribution in [0.5, 0.6) is 5.75 Å². The number of carbonyl (C=O) groups is 2. The van der Waals surface area contributed by atoms with Crippen molar-refractivity contribution < 1.29 is 14.3 Å².